The molecule has 0 aliphatic heterocycles. The molecule has 0 heterocycles. The van der Waals surface area contributed by atoms with Gasteiger partial charge in [-0.25, -0.2) is 12.8 Å². The zero-order chi connectivity index (χ0) is 10.1. The van der Waals surface area contributed by atoms with Crippen molar-refractivity contribution in [1.82, 2.24) is 0 Å². The maximum atomic E-state index is 12.5. The van der Waals surface area contributed by atoms with Crippen LogP contribution in [0, 0.1) is 0 Å². The second-order valence-corrected chi connectivity index (χ2v) is 6.09. The minimum absolute atomic E-state index is 0.253. The molecule has 0 radical (unpaired) electrons. The molecule has 0 bridgehead atoms. The van der Waals surface area contributed by atoms with Crippen LogP contribution in [-0.2, 0) is 9.84 Å². The Morgan fingerprint density at radius 3 is 2.54 bits per heavy atom. The predicted molar refractivity (Wildman–Crippen MR) is 50.8 cm³/mol. The van der Waals surface area contributed by atoms with Crippen LogP contribution in [0.4, 0.5) is 4.39 Å². The normalized spacial score (nSPS) is 23.4. The largest absolute Gasteiger partial charge is 0.228 e. The number of rotatable bonds is 2. The molecule has 0 aromatic heterocycles. The fourth-order valence-electron chi connectivity index (χ4n) is 1.17. The Morgan fingerprint density at radius 1 is 1.54 bits per heavy atom. The van der Waals surface area contributed by atoms with Crippen molar-refractivity contribution in [2.45, 2.75) is 30.8 Å². The van der Waals surface area contributed by atoms with Crippen molar-refractivity contribution in [1.29, 1.82) is 0 Å². The van der Waals surface area contributed by atoms with Gasteiger partial charge in [-0.05, 0) is 32.4 Å². The summed E-state index contributed by atoms with van der Waals surface area (Å²) in [5.41, 5.74) is 0. The molecule has 0 N–H and O–H groups in total. The van der Waals surface area contributed by atoms with E-state index in [1.54, 1.807) is 13.8 Å². The third kappa shape index (κ3) is 2.18. The van der Waals surface area contributed by atoms with Gasteiger partial charge in [-0.15, -0.1) is 0 Å². The van der Waals surface area contributed by atoms with E-state index in [2.05, 4.69) is 0 Å². The van der Waals surface area contributed by atoms with E-state index in [1.807, 2.05) is 0 Å². The van der Waals surface area contributed by atoms with Crippen LogP contribution in [-0.4, -0.2) is 18.9 Å². The summed E-state index contributed by atoms with van der Waals surface area (Å²) in [5.74, 6) is -0.352. The molecule has 0 aromatic carbocycles. The molecule has 0 spiro atoms. The Kier molecular flexibility index (Phi) is 2.91. The van der Waals surface area contributed by atoms with Gasteiger partial charge in [0.15, 0.2) is 9.84 Å². The van der Waals surface area contributed by atoms with Crippen molar-refractivity contribution in [3.8, 4) is 0 Å². The van der Waals surface area contributed by atoms with E-state index in [0.717, 1.165) is 0 Å². The van der Waals surface area contributed by atoms with Crippen LogP contribution in [0.25, 0.3) is 0 Å². The minimum Gasteiger partial charge on any atom is -0.228 e. The zero-order valence-corrected chi connectivity index (χ0v) is 8.51. The molecule has 4 heteroatoms. The minimum atomic E-state index is -3.12. The van der Waals surface area contributed by atoms with Crippen LogP contribution < -0.4 is 0 Å². The second-order valence-electron chi connectivity index (χ2n) is 3.36. The monoisotopic (exact) mass is 204 g/mol. The van der Waals surface area contributed by atoms with Gasteiger partial charge in [0.05, 0.1) is 10.5 Å². The van der Waals surface area contributed by atoms with Gasteiger partial charge in [0, 0.05) is 0 Å². The lowest BCUT2D eigenvalue weighted by Gasteiger charge is -2.17. The fraction of sp³-hybridized carbons (Fsp3) is 0.556. The molecular weight excluding hydrogens is 191 g/mol. The van der Waals surface area contributed by atoms with E-state index in [-0.39, 0.29) is 12.2 Å². The molecule has 1 atom stereocenters. The second kappa shape index (κ2) is 3.62. The lowest BCUT2D eigenvalue weighted by Crippen LogP contribution is -2.27. The Labute approximate surface area is 78.1 Å². The van der Waals surface area contributed by atoms with Gasteiger partial charge in [-0.2, -0.15) is 0 Å². The van der Waals surface area contributed by atoms with Crippen molar-refractivity contribution in [3.05, 3.63) is 24.1 Å². The summed E-state index contributed by atoms with van der Waals surface area (Å²) in [5, 5.41) is -0.955. The van der Waals surface area contributed by atoms with Gasteiger partial charge in [0.2, 0.25) is 0 Å². The van der Waals surface area contributed by atoms with Crippen molar-refractivity contribution in [3.63, 3.8) is 0 Å². The Balaban J connectivity index is 2.84. The molecule has 13 heavy (non-hydrogen) atoms. The molecule has 0 aromatic rings. The highest BCUT2D eigenvalue weighted by Crippen LogP contribution is 2.20. The van der Waals surface area contributed by atoms with E-state index in [1.165, 1.54) is 18.2 Å². The summed E-state index contributed by atoms with van der Waals surface area (Å²) in [6.45, 7) is 3.27. The van der Waals surface area contributed by atoms with E-state index in [0.29, 0.717) is 0 Å². The average molecular weight is 204 g/mol. The molecule has 2 nitrogen and oxygen atoms in total. The van der Waals surface area contributed by atoms with Gasteiger partial charge < -0.3 is 0 Å². The number of sulfone groups is 1. The summed E-state index contributed by atoms with van der Waals surface area (Å²) in [6.07, 6.45) is 4.20. The van der Waals surface area contributed by atoms with Crippen LogP contribution in [0.3, 0.4) is 0 Å². The number of halogens is 1. The number of hydrogen-bond donors (Lipinski definition) is 0. The first kappa shape index (κ1) is 10.4. The van der Waals surface area contributed by atoms with E-state index < -0.39 is 20.3 Å². The lowest BCUT2D eigenvalue weighted by molar-refractivity contribution is 0.576. The SMILES string of the molecule is CC(C)S(=O)(=O)C1C=CC(F)=CC1. The van der Waals surface area contributed by atoms with E-state index >= 15 is 0 Å². The highest BCUT2D eigenvalue weighted by Gasteiger charge is 2.26. The molecule has 74 valence electrons. The third-order valence-corrected chi connectivity index (χ3v) is 4.60. The topological polar surface area (TPSA) is 34.1 Å². The summed E-state index contributed by atoms with van der Waals surface area (Å²) < 4.78 is 35.7. The predicted octanol–water partition coefficient (Wildman–Crippen LogP) is 1.99. The first-order valence-corrected chi connectivity index (χ1v) is 5.82. The van der Waals surface area contributed by atoms with Crippen LogP contribution in [0.2, 0.25) is 0 Å². The van der Waals surface area contributed by atoms with Crippen molar-refractivity contribution in [2.75, 3.05) is 0 Å². The Bertz CT molecular complexity index is 339. The molecule has 0 saturated heterocycles. The van der Waals surface area contributed by atoms with Gasteiger partial charge in [-0.1, -0.05) is 6.08 Å². The van der Waals surface area contributed by atoms with Gasteiger partial charge in [0.25, 0.3) is 0 Å². The van der Waals surface area contributed by atoms with Crippen LogP contribution >= 0.6 is 0 Å². The van der Waals surface area contributed by atoms with Crippen molar-refractivity contribution >= 4 is 9.84 Å². The highest BCUT2D eigenvalue weighted by atomic mass is 32.2. The third-order valence-electron chi connectivity index (χ3n) is 2.09. The van der Waals surface area contributed by atoms with Crippen molar-refractivity contribution in [2.24, 2.45) is 0 Å². The van der Waals surface area contributed by atoms with Crippen molar-refractivity contribution < 1.29 is 12.8 Å². The van der Waals surface area contributed by atoms with Crippen LogP contribution in [0.1, 0.15) is 20.3 Å². The smallest absolute Gasteiger partial charge is 0.159 e. The van der Waals surface area contributed by atoms with Gasteiger partial charge in [0.1, 0.15) is 5.83 Å². The maximum absolute atomic E-state index is 12.5. The average Bonchev–Trinajstić information content (AvgIpc) is 2.04. The first-order chi connectivity index (χ1) is 5.94. The summed E-state index contributed by atoms with van der Waals surface area (Å²) in [4.78, 5) is 0. The molecule has 0 fully saturated rings. The number of hydrogen-bond acceptors (Lipinski definition) is 2. The molecule has 0 saturated carbocycles. The summed E-state index contributed by atoms with van der Waals surface area (Å²) in [6, 6.07) is 0. The molecular formula is C9H13FO2S. The standard InChI is InChI=1S/C9H13FO2S/c1-7(2)13(11,12)9-5-3-8(10)4-6-9/h3-5,7,9H,6H2,1-2H3. The molecule has 1 unspecified atom stereocenters. The van der Waals surface area contributed by atoms with Gasteiger partial charge >= 0.3 is 0 Å². The molecule has 0 amide bonds. The molecule has 1 aliphatic carbocycles. The van der Waals surface area contributed by atoms with E-state index in [4.69, 9.17) is 0 Å². The first-order valence-electron chi connectivity index (χ1n) is 4.21. The fourth-order valence-corrected chi connectivity index (χ4v) is 2.53. The maximum Gasteiger partial charge on any atom is 0.159 e. The lowest BCUT2D eigenvalue weighted by atomic mass is 10.2. The quantitative estimate of drug-likeness (QED) is 0.689. The van der Waals surface area contributed by atoms with Crippen LogP contribution in [0.5, 0.6) is 0 Å². The Morgan fingerprint density at radius 2 is 2.15 bits per heavy atom. The Hall–Kier alpha value is -0.640. The molecule has 1 rings (SSSR count). The number of allylic oxidation sites excluding steroid dienone is 3. The van der Waals surface area contributed by atoms with Gasteiger partial charge in [-0.3, -0.25) is 0 Å². The summed E-state index contributed by atoms with van der Waals surface area (Å²) >= 11 is 0. The summed E-state index contributed by atoms with van der Waals surface area (Å²) in [7, 11) is -3.12. The zero-order valence-electron chi connectivity index (χ0n) is 7.70. The molecule has 1 aliphatic rings. The van der Waals surface area contributed by atoms with Crippen LogP contribution in [0.15, 0.2) is 24.1 Å². The highest BCUT2D eigenvalue weighted by molar-refractivity contribution is 7.92. The van der Waals surface area contributed by atoms with E-state index in [9.17, 15) is 12.8 Å².